The second kappa shape index (κ2) is 15.4. The molecule has 1 heterocycles. The first-order valence-electron chi connectivity index (χ1n) is 11.6. The van der Waals surface area contributed by atoms with Crippen LogP contribution in [0.25, 0.3) is 0 Å². The molecule has 1 N–H and O–H groups in total. The summed E-state index contributed by atoms with van der Waals surface area (Å²) in [6.45, 7) is 14.1. The van der Waals surface area contributed by atoms with E-state index in [4.69, 9.17) is 31.6 Å². The van der Waals surface area contributed by atoms with Crippen molar-refractivity contribution in [1.82, 2.24) is 9.99 Å². The maximum absolute atomic E-state index is 12.3. The molecule has 34 heavy (non-hydrogen) atoms. The van der Waals surface area contributed by atoms with Crippen LogP contribution in [0.4, 0.5) is 0 Å². The maximum Gasteiger partial charge on any atom is 0.259 e. The van der Waals surface area contributed by atoms with E-state index < -0.39 is 40.0 Å². The number of hydrogen-bond donors (Lipinski definition) is 1. The third-order valence-electron chi connectivity index (χ3n) is 4.80. The van der Waals surface area contributed by atoms with Crippen molar-refractivity contribution in [1.29, 1.82) is 5.26 Å². The zero-order valence-electron chi connectivity index (χ0n) is 21.5. The molecule has 0 aromatic rings. The van der Waals surface area contributed by atoms with Crippen molar-refractivity contribution in [2.45, 2.75) is 83.9 Å². The number of nitriles is 1. The molecule has 1 aliphatic heterocycles. The molecule has 1 unspecified atom stereocenters. The molecule has 1 rings (SSSR count). The molecular weight excluding hydrogens is 475 g/mol. The van der Waals surface area contributed by atoms with Gasteiger partial charge in [-0.3, -0.25) is 4.79 Å². The molecule has 0 aromatic carbocycles. The fourth-order valence-corrected chi connectivity index (χ4v) is 5.76. The van der Waals surface area contributed by atoms with E-state index in [1.54, 1.807) is 25.2 Å². The Morgan fingerprint density at radius 3 is 2.44 bits per heavy atom. The second-order valence-electron chi connectivity index (χ2n) is 9.13. The molecule has 12 heteroatoms. The molecular formula is C22H40BN3O6P2. The van der Waals surface area contributed by atoms with Crippen molar-refractivity contribution in [3.63, 3.8) is 0 Å². The van der Waals surface area contributed by atoms with Crippen LogP contribution in [0.5, 0.6) is 0 Å². The normalized spacial score (nSPS) is 24.3. The predicted molar refractivity (Wildman–Crippen MR) is 136 cm³/mol. The molecule has 0 aromatic heterocycles. The van der Waals surface area contributed by atoms with Crippen LogP contribution >= 0.6 is 15.7 Å². The van der Waals surface area contributed by atoms with Crippen molar-refractivity contribution in [2.24, 2.45) is 0 Å². The van der Waals surface area contributed by atoms with Gasteiger partial charge >= 0.3 is 0 Å². The first kappa shape index (κ1) is 31.3. The van der Waals surface area contributed by atoms with Crippen molar-refractivity contribution >= 4 is 29.4 Å². The molecule has 1 saturated heterocycles. The summed E-state index contributed by atoms with van der Waals surface area (Å²) >= 11 is 0. The minimum Gasteiger partial charge on any atom is -0.375 e. The number of ether oxygens (including phenoxy) is 2. The third kappa shape index (κ3) is 11.3. The fraction of sp³-hybridized carbons (Fsp3) is 0.818. The zero-order chi connectivity index (χ0) is 25.9. The van der Waals surface area contributed by atoms with E-state index >= 15 is 0 Å². The lowest BCUT2D eigenvalue weighted by molar-refractivity contribution is -0.119. The van der Waals surface area contributed by atoms with Gasteiger partial charge < -0.3 is 28.4 Å². The van der Waals surface area contributed by atoms with Gasteiger partial charge in [0.25, 0.3) is 8.53 Å². The number of amides is 1. The Morgan fingerprint density at radius 2 is 1.91 bits per heavy atom. The van der Waals surface area contributed by atoms with Crippen molar-refractivity contribution in [2.75, 3.05) is 33.1 Å². The summed E-state index contributed by atoms with van der Waals surface area (Å²) in [6.07, 6.45) is 0.803. The Morgan fingerprint density at radius 1 is 1.26 bits per heavy atom. The van der Waals surface area contributed by atoms with Crippen LogP contribution in [0.15, 0.2) is 11.9 Å². The first-order chi connectivity index (χ1) is 15.9. The van der Waals surface area contributed by atoms with Gasteiger partial charge in [0.15, 0.2) is 0 Å². The highest BCUT2D eigenvalue weighted by Gasteiger charge is 2.45. The summed E-state index contributed by atoms with van der Waals surface area (Å²) < 4.78 is 39.0. The predicted octanol–water partition coefficient (Wildman–Crippen LogP) is 3.59. The smallest absolute Gasteiger partial charge is 0.259 e. The number of rotatable bonds is 15. The van der Waals surface area contributed by atoms with Gasteiger partial charge in [0, 0.05) is 38.2 Å². The Bertz CT molecular complexity index is 735. The van der Waals surface area contributed by atoms with E-state index in [2.05, 4.69) is 43.8 Å². The molecule has 0 saturated carbocycles. The Hall–Kier alpha value is -0.775. The lowest BCUT2D eigenvalue weighted by atomic mass is 9.93. The van der Waals surface area contributed by atoms with Gasteiger partial charge in [0.05, 0.1) is 19.1 Å². The van der Waals surface area contributed by atoms with Crippen molar-refractivity contribution in [3.05, 3.63) is 11.9 Å². The summed E-state index contributed by atoms with van der Waals surface area (Å²) in [5.74, 6) is 1.54. The topological polar surface area (TPSA) is 110 Å². The molecule has 1 aliphatic rings. The Labute approximate surface area is 207 Å². The van der Waals surface area contributed by atoms with E-state index in [9.17, 15) is 9.36 Å². The molecule has 9 nitrogen and oxygen atoms in total. The molecule has 192 valence electrons. The number of nitrogens with zero attached hydrogens (tertiary/aromatic N) is 2. The highest BCUT2D eigenvalue weighted by atomic mass is 31.2. The zero-order valence-corrected chi connectivity index (χ0v) is 23.3. The molecule has 2 radical (unpaired) electrons. The van der Waals surface area contributed by atoms with Gasteiger partial charge in [-0.1, -0.05) is 0 Å². The van der Waals surface area contributed by atoms with Gasteiger partial charge in [-0.05, 0) is 59.3 Å². The largest absolute Gasteiger partial charge is 0.375 e. The number of carbonyl (C=O) groups excluding carboxylic acids is 1. The standard InChI is InChI=1S/C22H40BN3O6P2/c1-16(2)26(17(3)4)33(30-14-8-11-24)32-20-19(10-15-34(6,7)28)31-22(23)21(20)29-13-9-12-25-18(5)27/h10,15-17,19-22H,8-9,12-14H2,1-7H3,(H,25,27)/b15-10+/t19-,20-,21-,22-,33?/m1/s1. The highest BCUT2D eigenvalue weighted by molar-refractivity contribution is 7.65. The van der Waals surface area contributed by atoms with Gasteiger partial charge in [0.2, 0.25) is 5.91 Å². The van der Waals surface area contributed by atoms with E-state index in [0.717, 1.165) is 0 Å². The lowest BCUT2D eigenvalue weighted by Gasteiger charge is -2.38. The van der Waals surface area contributed by atoms with Crippen LogP contribution in [0.3, 0.4) is 0 Å². The van der Waals surface area contributed by atoms with Gasteiger partial charge in [0.1, 0.15) is 33.3 Å². The first-order valence-corrected chi connectivity index (χ1v) is 15.4. The average Bonchev–Trinajstić information content (AvgIpc) is 2.99. The molecule has 0 aliphatic carbocycles. The van der Waals surface area contributed by atoms with Crippen LogP contribution in [0, 0.1) is 11.3 Å². The van der Waals surface area contributed by atoms with Gasteiger partial charge in [-0.15, -0.1) is 0 Å². The maximum atomic E-state index is 12.3. The van der Waals surface area contributed by atoms with Crippen LogP contribution in [-0.2, 0) is 27.9 Å². The molecule has 0 bridgehead atoms. The Balaban J connectivity index is 3.12. The lowest BCUT2D eigenvalue weighted by Crippen LogP contribution is -2.40. The number of carbonyl (C=O) groups is 1. The Kier molecular flexibility index (Phi) is 14.1. The SMILES string of the molecule is [B][C@@H]1O[C@H](/C=C/P(C)(C)=O)[C@@H](OP(OCCC#N)N(C(C)C)C(C)C)[C@H]1OCCCNC(C)=O. The quantitative estimate of drug-likeness (QED) is 0.200. The van der Waals surface area contributed by atoms with Crippen LogP contribution in [-0.4, -0.2) is 87.9 Å². The van der Waals surface area contributed by atoms with E-state index in [1.165, 1.54) is 6.92 Å². The summed E-state index contributed by atoms with van der Waals surface area (Å²) in [6, 6.07) is 1.59. The van der Waals surface area contributed by atoms with Crippen molar-refractivity contribution in [3.8, 4) is 6.07 Å². The molecule has 5 atom stereocenters. The van der Waals surface area contributed by atoms with Crippen LogP contribution < -0.4 is 5.32 Å². The van der Waals surface area contributed by atoms with Crippen molar-refractivity contribution < 1.29 is 27.9 Å². The van der Waals surface area contributed by atoms with E-state index in [0.29, 0.717) is 19.6 Å². The molecule has 1 fully saturated rings. The summed E-state index contributed by atoms with van der Waals surface area (Å²) in [4.78, 5) is 11.1. The number of nitrogens with one attached hydrogen (secondary N) is 1. The summed E-state index contributed by atoms with van der Waals surface area (Å²) in [7, 11) is 2.26. The highest BCUT2D eigenvalue weighted by Crippen LogP contribution is 2.50. The fourth-order valence-electron chi connectivity index (χ4n) is 3.42. The van der Waals surface area contributed by atoms with E-state index in [-0.39, 0.29) is 31.0 Å². The summed E-state index contributed by atoms with van der Waals surface area (Å²) in [5, 5.41) is 11.7. The molecule has 1 amide bonds. The van der Waals surface area contributed by atoms with Crippen LogP contribution in [0.1, 0.15) is 47.5 Å². The minimum absolute atomic E-state index is 0.0986. The second-order valence-corrected chi connectivity index (χ2v) is 13.7. The van der Waals surface area contributed by atoms with Gasteiger partial charge in [-0.2, -0.15) is 5.26 Å². The number of hydrogen-bond acceptors (Lipinski definition) is 8. The third-order valence-corrected chi connectivity index (χ3v) is 7.82. The van der Waals surface area contributed by atoms with Gasteiger partial charge in [-0.25, -0.2) is 4.67 Å². The molecule has 0 spiro atoms. The monoisotopic (exact) mass is 515 g/mol. The van der Waals surface area contributed by atoms with Crippen LogP contribution in [0.2, 0.25) is 0 Å². The average molecular weight is 515 g/mol. The summed E-state index contributed by atoms with van der Waals surface area (Å²) in [5.41, 5.74) is 0. The minimum atomic E-state index is -2.44. The van der Waals surface area contributed by atoms with E-state index in [1.807, 2.05) is 0 Å².